The van der Waals surface area contributed by atoms with Crippen molar-refractivity contribution in [3.8, 4) is 5.75 Å². The standard InChI is InChI=1S/C16H16ClNO5S/c1-22-16-10(5-6-13(17)12(16)8-24(2,20)21)14(19)11-7-18-23-15(11)9-3-4-9/h5-7,9H,3-4,8H2,1-2H3. The topological polar surface area (TPSA) is 86.5 Å². The smallest absolute Gasteiger partial charge is 0.201 e. The number of carbonyl (C=O) groups is 1. The summed E-state index contributed by atoms with van der Waals surface area (Å²) in [7, 11) is -1.97. The van der Waals surface area contributed by atoms with E-state index in [1.165, 1.54) is 25.4 Å². The lowest BCUT2D eigenvalue weighted by atomic mass is 9.99. The number of sulfone groups is 1. The van der Waals surface area contributed by atoms with Gasteiger partial charge in [-0.3, -0.25) is 4.79 Å². The molecule has 8 heteroatoms. The molecule has 0 spiro atoms. The second kappa shape index (κ2) is 6.22. The number of ether oxygens (including phenoxy) is 1. The number of ketones is 1. The van der Waals surface area contributed by atoms with Gasteiger partial charge in [-0.2, -0.15) is 0 Å². The minimum absolute atomic E-state index is 0.167. The van der Waals surface area contributed by atoms with Gasteiger partial charge >= 0.3 is 0 Å². The van der Waals surface area contributed by atoms with E-state index in [0.29, 0.717) is 11.3 Å². The van der Waals surface area contributed by atoms with Crippen LogP contribution in [0.15, 0.2) is 22.9 Å². The number of rotatable bonds is 6. The number of methoxy groups -OCH3 is 1. The summed E-state index contributed by atoms with van der Waals surface area (Å²) < 4.78 is 33.8. The first-order valence-corrected chi connectivity index (χ1v) is 9.78. The van der Waals surface area contributed by atoms with E-state index in [9.17, 15) is 13.2 Å². The summed E-state index contributed by atoms with van der Waals surface area (Å²) in [5, 5.41) is 3.96. The summed E-state index contributed by atoms with van der Waals surface area (Å²) in [6.07, 6.45) is 4.42. The van der Waals surface area contributed by atoms with E-state index >= 15 is 0 Å². The number of carbonyl (C=O) groups excluding carboxylic acids is 1. The third-order valence-corrected chi connectivity index (χ3v) is 5.02. The Morgan fingerprint density at radius 2 is 2.08 bits per heavy atom. The van der Waals surface area contributed by atoms with Gasteiger partial charge in [0.2, 0.25) is 5.78 Å². The molecule has 0 N–H and O–H groups in total. The molecule has 1 saturated carbocycles. The van der Waals surface area contributed by atoms with Crippen LogP contribution in [-0.4, -0.2) is 32.7 Å². The van der Waals surface area contributed by atoms with Crippen LogP contribution >= 0.6 is 11.6 Å². The van der Waals surface area contributed by atoms with Gasteiger partial charge in [0.05, 0.1) is 30.2 Å². The highest BCUT2D eigenvalue weighted by Gasteiger charge is 2.33. The van der Waals surface area contributed by atoms with Gasteiger partial charge in [0.15, 0.2) is 15.6 Å². The molecule has 128 valence electrons. The van der Waals surface area contributed by atoms with Crippen LogP contribution in [0.2, 0.25) is 5.02 Å². The van der Waals surface area contributed by atoms with Crippen LogP contribution in [0.5, 0.6) is 5.75 Å². The lowest BCUT2D eigenvalue weighted by Crippen LogP contribution is -2.10. The fraction of sp³-hybridized carbons (Fsp3) is 0.375. The van der Waals surface area contributed by atoms with Crippen molar-refractivity contribution in [1.29, 1.82) is 0 Å². The van der Waals surface area contributed by atoms with Crippen molar-refractivity contribution in [2.24, 2.45) is 0 Å². The summed E-state index contributed by atoms with van der Waals surface area (Å²) in [4.78, 5) is 12.9. The zero-order chi connectivity index (χ0) is 17.5. The van der Waals surface area contributed by atoms with E-state index in [0.717, 1.165) is 19.1 Å². The summed E-state index contributed by atoms with van der Waals surface area (Å²) in [6.45, 7) is 0. The Morgan fingerprint density at radius 3 is 2.67 bits per heavy atom. The average Bonchev–Trinajstić information content (AvgIpc) is 3.24. The van der Waals surface area contributed by atoms with E-state index in [1.807, 2.05) is 0 Å². The third-order valence-electron chi connectivity index (χ3n) is 3.85. The van der Waals surface area contributed by atoms with Gasteiger partial charge in [-0.05, 0) is 25.0 Å². The predicted octanol–water partition coefficient (Wildman–Crippen LogP) is 2.99. The molecule has 0 amide bonds. The molecule has 1 aliphatic rings. The molecular weight excluding hydrogens is 354 g/mol. The SMILES string of the molecule is COc1c(C(=O)c2cnoc2C2CC2)ccc(Cl)c1CS(C)(=O)=O. The highest BCUT2D eigenvalue weighted by molar-refractivity contribution is 7.89. The Hall–Kier alpha value is -1.86. The minimum atomic E-state index is -3.35. The third kappa shape index (κ3) is 3.32. The van der Waals surface area contributed by atoms with Crippen molar-refractivity contribution in [1.82, 2.24) is 5.16 Å². The Balaban J connectivity index is 2.08. The van der Waals surface area contributed by atoms with Crippen molar-refractivity contribution in [2.45, 2.75) is 24.5 Å². The maximum Gasteiger partial charge on any atom is 0.201 e. The molecule has 6 nitrogen and oxygen atoms in total. The van der Waals surface area contributed by atoms with E-state index in [1.54, 1.807) is 0 Å². The van der Waals surface area contributed by atoms with Crippen LogP contribution in [0.4, 0.5) is 0 Å². The van der Waals surface area contributed by atoms with Gasteiger partial charge in [0, 0.05) is 22.8 Å². The zero-order valence-corrected chi connectivity index (χ0v) is 14.8. The lowest BCUT2D eigenvalue weighted by molar-refractivity contribution is 0.103. The molecule has 0 aliphatic heterocycles. The van der Waals surface area contributed by atoms with Gasteiger partial charge in [-0.15, -0.1) is 0 Å². The van der Waals surface area contributed by atoms with Crippen LogP contribution in [0.1, 0.15) is 46.0 Å². The maximum atomic E-state index is 12.9. The molecule has 1 aromatic carbocycles. The fourth-order valence-electron chi connectivity index (χ4n) is 2.62. The summed E-state index contributed by atoms with van der Waals surface area (Å²) in [6, 6.07) is 3.03. The first-order valence-electron chi connectivity index (χ1n) is 7.34. The molecule has 1 heterocycles. The van der Waals surface area contributed by atoms with Crippen molar-refractivity contribution in [3.05, 3.63) is 45.8 Å². The summed E-state index contributed by atoms with van der Waals surface area (Å²) in [5.41, 5.74) is 0.894. The van der Waals surface area contributed by atoms with Crippen LogP contribution in [0.3, 0.4) is 0 Å². The molecule has 24 heavy (non-hydrogen) atoms. The van der Waals surface area contributed by atoms with Crippen molar-refractivity contribution in [2.75, 3.05) is 13.4 Å². The van der Waals surface area contributed by atoms with Gasteiger partial charge in [0.1, 0.15) is 5.75 Å². The van der Waals surface area contributed by atoms with Crippen LogP contribution < -0.4 is 4.74 Å². The van der Waals surface area contributed by atoms with E-state index in [-0.39, 0.29) is 39.4 Å². The fourth-order valence-corrected chi connectivity index (χ4v) is 3.72. The Morgan fingerprint density at radius 1 is 1.38 bits per heavy atom. The normalized spacial score (nSPS) is 14.6. The van der Waals surface area contributed by atoms with Crippen molar-refractivity contribution in [3.63, 3.8) is 0 Å². The molecule has 0 atom stereocenters. The van der Waals surface area contributed by atoms with Crippen LogP contribution in [0.25, 0.3) is 0 Å². The molecule has 1 aliphatic carbocycles. The first kappa shape index (κ1) is 17.0. The minimum Gasteiger partial charge on any atom is -0.496 e. The molecule has 3 rings (SSSR count). The number of halogens is 1. The van der Waals surface area contributed by atoms with Crippen molar-refractivity contribution < 1.29 is 22.5 Å². The van der Waals surface area contributed by atoms with Crippen LogP contribution in [0, 0.1) is 0 Å². The number of nitrogens with zero attached hydrogens (tertiary/aromatic N) is 1. The van der Waals surface area contributed by atoms with Crippen molar-refractivity contribution >= 4 is 27.2 Å². The molecular formula is C16H16ClNO5S. The number of hydrogen-bond donors (Lipinski definition) is 0. The number of aromatic nitrogens is 1. The predicted molar refractivity (Wildman–Crippen MR) is 88.5 cm³/mol. The zero-order valence-electron chi connectivity index (χ0n) is 13.2. The molecule has 1 fully saturated rings. The monoisotopic (exact) mass is 369 g/mol. The van der Waals surface area contributed by atoms with E-state index < -0.39 is 9.84 Å². The summed E-state index contributed by atoms with van der Waals surface area (Å²) >= 11 is 6.12. The average molecular weight is 370 g/mol. The lowest BCUT2D eigenvalue weighted by Gasteiger charge is -2.14. The van der Waals surface area contributed by atoms with Crippen LogP contribution in [-0.2, 0) is 15.6 Å². The Labute approximate surface area is 144 Å². The molecule has 2 aromatic rings. The van der Waals surface area contributed by atoms with E-state index in [2.05, 4.69) is 5.16 Å². The quantitative estimate of drug-likeness (QED) is 0.727. The van der Waals surface area contributed by atoms with E-state index in [4.69, 9.17) is 20.9 Å². The Bertz CT molecular complexity index is 899. The number of hydrogen-bond acceptors (Lipinski definition) is 6. The Kier molecular flexibility index (Phi) is 4.40. The highest BCUT2D eigenvalue weighted by atomic mass is 35.5. The van der Waals surface area contributed by atoms with Gasteiger partial charge in [-0.25, -0.2) is 8.42 Å². The molecule has 0 bridgehead atoms. The molecule has 1 aromatic heterocycles. The van der Waals surface area contributed by atoms with Gasteiger partial charge < -0.3 is 9.26 Å². The summed E-state index contributed by atoms with van der Waals surface area (Å²) in [5.74, 6) is 0.332. The first-order chi connectivity index (χ1) is 11.3. The largest absolute Gasteiger partial charge is 0.496 e. The van der Waals surface area contributed by atoms with Gasteiger partial charge in [0.25, 0.3) is 0 Å². The maximum absolute atomic E-state index is 12.9. The van der Waals surface area contributed by atoms with Gasteiger partial charge in [-0.1, -0.05) is 16.8 Å². The highest BCUT2D eigenvalue weighted by Crippen LogP contribution is 2.43. The molecule has 0 unspecified atom stereocenters. The number of benzene rings is 1. The second-order valence-corrected chi connectivity index (χ2v) is 8.43. The molecule has 0 radical (unpaired) electrons. The second-order valence-electron chi connectivity index (χ2n) is 5.88. The molecule has 0 saturated heterocycles.